The highest BCUT2D eigenvalue weighted by atomic mass is 35.5. The number of rotatable bonds is 3. The van der Waals surface area contributed by atoms with E-state index < -0.39 is 0 Å². The molecule has 2 atom stereocenters. The molecule has 24 heavy (non-hydrogen) atoms. The molecule has 1 aromatic rings. The van der Waals surface area contributed by atoms with E-state index in [0.29, 0.717) is 18.0 Å². The van der Waals surface area contributed by atoms with Crippen molar-refractivity contribution in [1.82, 2.24) is 10.2 Å². The lowest BCUT2D eigenvalue weighted by Gasteiger charge is -2.40. The molecule has 0 unspecified atom stereocenters. The highest BCUT2D eigenvalue weighted by Gasteiger charge is 2.31. The fraction of sp³-hybridized carbons (Fsp3) is 0.632. The Labute approximate surface area is 152 Å². The van der Waals surface area contributed by atoms with Gasteiger partial charge < -0.3 is 15.1 Å². The zero-order valence-electron chi connectivity index (χ0n) is 14.8. The summed E-state index contributed by atoms with van der Waals surface area (Å²) in [4.78, 5) is 17.2. The van der Waals surface area contributed by atoms with Gasteiger partial charge >= 0.3 is 0 Å². The Morgan fingerprint density at radius 1 is 1.17 bits per heavy atom. The second-order valence-corrected chi connectivity index (χ2v) is 7.08. The Hall–Kier alpha value is -1.26. The van der Waals surface area contributed by atoms with Gasteiger partial charge in [0.2, 0.25) is 5.91 Å². The van der Waals surface area contributed by atoms with Crippen LogP contribution >= 0.6 is 12.4 Å². The van der Waals surface area contributed by atoms with Gasteiger partial charge in [0.25, 0.3) is 0 Å². The molecule has 0 saturated carbocycles. The van der Waals surface area contributed by atoms with Crippen LogP contribution in [0.15, 0.2) is 30.3 Å². The number of hydrogen-bond acceptors (Lipinski definition) is 3. The lowest BCUT2D eigenvalue weighted by molar-refractivity contribution is -0.137. The summed E-state index contributed by atoms with van der Waals surface area (Å²) >= 11 is 0. The van der Waals surface area contributed by atoms with Crippen molar-refractivity contribution in [1.29, 1.82) is 0 Å². The van der Waals surface area contributed by atoms with E-state index in [4.69, 9.17) is 0 Å². The third kappa shape index (κ3) is 4.42. The molecule has 2 heterocycles. The molecule has 1 N–H and O–H groups in total. The first-order valence-electron chi connectivity index (χ1n) is 8.95. The van der Waals surface area contributed by atoms with E-state index in [-0.39, 0.29) is 18.3 Å². The number of benzene rings is 1. The maximum absolute atomic E-state index is 12.7. The molecular formula is C19H30ClN3O. The molecule has 3 rings (SSSR count). The second-order valence-electron chi connectivity index (χ2n) is 7.08. The summed E-state index contributed by atoms with van der Waals surface area (Å²) in [5.41, 5.74) is 1.27. The number of halogens is 1. The van der Waals surface area contributed by atoms with Crippen LogP contribution in [0.4, 0.5) is 5.69 Å². The normalized spacial score (nSPS) is 25.0. The topological polar surface area (TPSA) is 35.6 Å². The first-order valence-corrected chi connectivity index (χ1v) is 8.95. The van der Waals surface area contributed by atoms with E-state index in [2.05, 4.69) is 59.4 Å². The van der Waals surface area contributed by atoms with Crippen LogP contribution in [0.5, 0.6) is 0 Å². The molecule has 0 bridgehead atoms. The number of para-hydroxylation sites is 1. The minimum atomic E-state index is 0. The van der Waals surface area contributed by atoms with Gasteiger partial charge in [-0.05, 0) is 51.3 Å². The van der Waals surface area contributed by atoms with Crippen LogP contribution in [0.1, 0.15) is 32.6 Å². The zero-order chi connectivity index (χ0) is 16.2. The van der Waals surface area contributed by atoms with Crippen molar-refractivity contribution < 1.29 is 4.79 Å². The van der Waals surface area contributed by atoms with Gasteiger partial charge in [0.1, 0.15) is 0 Å². The van der Waals surface area contributed by atoms with Crippen LogP contribution in [0.25, 0.3) is 0 Å². The number of piperidine rings is 2. The number of nitrogens with zero attached hydrogens (tertiary/aromatic N) is 2. The summed E-state index contributed by atoms with van der Waals surface area (Å²) in [5, 5.41) is 3.43. The standard InChI is InChI=1S/C19H29N3O.ClH/c1-15-14-16(8-11-20-15)19(23)22-12-9-18(10-13-22)21(2)17-6-4-3-5-7-17;/h3-7,15-16,18,20H,8-14H2,1-2H3;1H/t15-,16-;/m0./s1. The SMILES string of the molecule is C[C@H]1C[C@@H](C(=O)N2CCC(N(C)c3ccccc3)CC2)CCN1.Cl. The summed E-state index contributed by atoms with van der Waals surface area (Å²) in [7, 11) is 2.17. The van der Waals surface area contributed by atoms with Crippen molar-refractivity contribution in [2.75, 3.05) is 31.6 Å². The maximum atomic E-state index is 12.7. The van der Waals surface area contributed by atoms with Crippen molar-refractivity contribution in [2.45, 2.75) is 44.7 Å². The predicted molar refractivity (Wildman–Crippen MR) is 102 cm³/mol. The van der Waals surface area contributed by atoms with E-state index in [0.717, 1.165) is 45.3 Å². The molecule has 2 saturated heterocycles. The Morgan fingerprint density at radius 3 is 2.46 bits per heavy atom. The van der Waals surface area contributed by atoms with E-state index >= 15 is 0 Å². The Balaban J connectivity index is 0.00000208. The van der Waals surface area contributed by atoms with Crippen LogP contribution in [0.3, 0.4) is 0 Å². The third-order valence-corrected chi connectivity index (χ3v) is 5.46. The molecule has 0 spiro atoms. The molecule has 0 aromatic heterocycles. The van der Waals surface area contributed by atoms with Crippen LogP contribution in [0, 0.1) is 5.92 Å². The van der Waals surface area contributed by atoms with E-state index in [1.807, 2.05) is 0 Å². The first-order chi connectivity index (χ1) is 11.1. The lowest BCUT2D eigenvalue weighted by Crippen LogP contribution is -2.49. The third-order valence-electron chi connectivity index (χ3n) is 5.46. The summed E-state index contributed by atoms with van der Waals surface area (Å²) in [6, 6.07) is 11.6. The number of anilines is 1. The fourth-order valence-corrected chi connectivity index (χ4v) is 3.96. The fourth-order valence-electron chi connectivity index (χ4n) is 3.96. The van der Waals surface area contributed by atoms with Crippen molar-refractivity contribution in [2.24, 2.45) is 5.92 Å². The number of likely N-dealkylation sites (tertiary alicyclic amines) is 1. The summed E-state index contributed by atoms with van der Waals surface area (Å²) < 4.78 is 0. The van der Waals surface area contributed by atoms with Crippen molar-refractivity contribution >= 4 is 24.0 Å². The molecule has 1 amide bonds. The van der Waals surface area contributed by atoms with Crippen LogP contribution < -0.4 is 10.2 Å². The molecular weight excluding hydrogens is 322 g/mol. The van der Waals surface area contributed by atoms with Gasteiger partial charge in [-0.2, -0.15) is 0 Å². The van der Waals surface area contributed by atoms with Crippen molar-refractivity contribution in [3.63, 3.8) is 0 Å². The quantitative estimate of drug-likeness (QED) is 0.909. The number of carbonyl (C=O) groups excluding carboxylic acids is 1. The Bertz CT molecular complexity index is 517. The van der Waals surface area contributed by atoms with Crippen LogP contribution in [-0.2, 0) is 4.79 Å². The van der Waals surface area contributed by atoms with Gasteiger partial charge in [0.05, 0.1) is 0 Å². The predicted octanol–water partition coefficient (Wildman–Crippen LogP) is 2.92. The largest absolute Gasteiger partial charge is 0.371 e. The Morgan fingerprint density at radius 2 is 1.83 bits per heavy atom. The summed E-state index contributed by atoms with van der Waals surface area (Å²) in [6.45, 7) is 4.96. The van der Waals surface area contributed by atoms with Gasteiger partial charge in [0, 0.05) is 43.8 Å². The minimum absolute atomic E-state index is 0. The first kappa shape index (κ1) is 19.1. The molecule has 2 aliphatic rings. The molecule has 0 aliphatic carbocycles. The van der Waals surface area contributed by atoms with Crippen molar-refractivity contribution in [3.8, 4) is 0 Å². The zero-order valence-corrected chi connectivity index (χ0v) is 15.6. The van der Waals surface area contributed by atoms with Gasteiger partial charge in [0.15, 0.2) is 0 Å². The monoisotopic (exact) mass is 351 g/mol. The molecule has 4 nitrogen and oxygen atoms in total. The highest BCUT2D eigenvalue weighted by Crippen LogP contribution is 2.25. The number of carbonyl (C=O) groups is 1. The van der Waals surface area contributed by atoms with Crippen LogP contribution in [-0.4, -0.2) is 49.6 Å². The summed E-state index contributed by atoms with van der Waals surface area (Å²) in [6.07, 6.45) is 4.12. The maximum Gasteiger partial charge on any atom is 0.225 e. The van der Waals surface area contributed by atoms with Gasteiger partial charge in [-0.15, -0.1) is 12.4 Å². The van der Waals surface area contributed by atoms with E-state index in [1.54, 1.807) is 0 Å². The van der Waals surface area contributed by atoms with Gasteiger partial charge in [-0.3, -0.25) is 4.79 Å². The van der Waals surface area contributed by atoms with Gasteiger partial charge in [-0.1, -0.05) is 18.2 Å². The molecule has 2 aliphatic heterocycles. The number of nitrogens with one attached hydrogen (secondary N) is 1. The average Bonchev–Trinajstić information content (AvgIpc) is 2.61. The smallest absolute Gasteiger partial charge is 0.225 e. The summed E-state index contributed by atoms with van der Waals surface area (Å²) in [5.74, 6) is 0.619. The Kier molecular flexibility index (Phi) is 6.93. The minimum Gasteiger partial charge on any atom is -0.371 e. The van der Waals surface area contributed by atoms with Gasteiger partial charge in [-0.25, -0.2) is 0 Å². The number of hydrogen-bond donors (Lipinski definition) is 1. The highest BCUT2D eigenvalue weighted by molar-refractivity contribution is 5.85. The van der Waals surface area contributed by atoms with Crippen molar-refractivity contribution in [3.05, 3.63) is 30.3 Å². The molecule has 5 heteroatoms. The van der Waals surface area contributed by atoms with Crippen LogP contribution in [0.2, 0.25) is 0 Å². The molecule has 0 radical (unpaired) electrons. The molecule has 2 fully saturated rings. The average molecular weight is 352 g/mol. The second kappa shape index (κ2) is 8.72. The van der Waals surface area contributed by atoms with E-state index in [1.165, 1.54) is 5.69 Å². The molecule has 134 valence electrons. The van der Waals surface area contributed by atoms with E-state index in [9.17, 15) is 4.79 Å². The lowest BCUT2D eigenvalue weighted by atomic mass is 9.91. The molecule has 1 aromatic carbocycles. The number of amides is 1.